The highest BCUT2D eigenvalue weighted by Crippen LogP contribution is 2.19. The van der Waals surface area contributed by atoms with E-state index in [0.717, 1.165) is 0 Å². The maximum absolute atomic E-state index is 13.5. The van der Waals surface area contributed by atoms with Crippen molar-refractivity contribution in [3.63, 3.8) is 0 Å². The first-order valence-electron chi connectivity index (χ1n) is 5.56. The molecule has 0 spiro atoms. The van der Waals surface area contributed by atoms with Gasteiger partial charge in [-0.25, -0.2) is 4.39 Å². The van der Waals surface area contributed by atoms with Crippen LogP contribution in [0.1, 0.15) is 32.4 Å². The van der Waals surface area contributed by atoms with Gasteiger partial charge in [-0.1, -0.05) is 18.2 Å². The Morgan fingerprint density at radius 1 is 1.47 bits per heavy atom. The van der Waals surface area contributed by atoms with Crippen molar-refractivity contribution in [2.24, 2.45) is 5.41 Å². The molecule has 0 radical (unpaired) electrons. The van der Waals surface area contributed by atoms with E-state index < -0.39 is 11.4 Å². The van der Waals surface area contributed by atoms with Crippen LogP contribution in [0, 0.1) is 11.2 Å². The SMILES string of the molecule is CC(NCC(C)(C)C(=O)O)c1ccccc1F. The number of benzene rings is 1. The lowest BCUT2D eigenvalue weighted by atomic mass is 9.93. The summed E-state index contributed by atoms with van der Waals surface area (Å²) in [4.78, 5) is 10.9. The molecule has 1 aromatic carbocycles. The average molecular weight is 239 g/mol. The second-order valence-corrected chi connectivity index (χ2v) is 4.81. The number of carboxylic acids is 1. The third-order valence-electron chi connectivity index (χ3n) is 2.80. The maximum atomic E-state index is 13.5. The van der Waals surface area contributed by atoms with Crippen LogP contribution in [-0.4, -0.2) is 17.6 Å². The van der Waals surface area contributed by atoms with E-state index in [2.05, 4.69) is 5.32 Å². The molecule has 0 aromatic heterocycles. The van der Waals surface area contributed by atoms with Crippen LogP contribution in [0.15, 0.2) is 24.3 Å². The van der Waals surface area contributed by atoms with E-state index >= 15 is 0 Å². The van der Waals surface area contributed by atoms with Crippen LogP contribution in [0.3, 0.4) is 0 Å². The maximum Gasteiger partial charge on any atom is 0.310 e. The summed E-state index contributed by atoms with van der Waals surface area (Å²) in [6, 6.07) is 6.28. The van der Waals surface area contributed by atoms with Gasteiger partial charge in [0.1, 0.15) is 5.82 Å². The van der Waals surface area contributed by atoms with Gasteiger partial charge in [0.2, 0.25) is 0 Å². The quantitative estimate of drug-likeness (QED) is 0.830. The normalized spacial score (nSPS) is 13.4. The molecular weight excluding hydrogens is 221 g/mol. The van der Waals surface area contributed by atoms with Gasteiger partial charge < -0.3 is 10.4 Å². The second-order valence-electron chi connectivity index (χ2n) is 4.81. The molecule has 0 saturated carbocycles. The van der Waals surface area contributed by atoms with Crippen LogP contribution in [0.25, 0.3) is 0 Å². The zero-order valence-electron chi connectivity index (χ0n) is 10.3. The predicted molar refractivity (Wildman–Crippen MR) is 64.2 cm³/mol. The first-order valence-corrected chi connectivity index (χ1v) is 5.56. The molecule has 3 nitrogen and oxygen atoms in total. The lowest BCUT2D eigenvalue weighted by molar-refractivity contribution is -0.146. The van der Waals surface area contributed by atoms with Crippen molar-refractivity contribution >= 4 is 5.97 Å². The largest absolute Gasteiger partial charge is 0.481 e. The molecule has 1 unspecified atom stereocenters. The highest BCUT2D eigenvalue weighted by molar-refractivity contribution is 5.73. The minimum absolute atomic E-state index is 0.213. The van der Waals surface area contributed by atoms with Gasteiger partial charge in [-0.3, -0.25) is 4.79 Å². The lowest BCUT2D eigenvalue weighted by Crippen LogP contribution is -2.37. The molecule has 0 aliphatic rings. The second kappa shape index (κ2) is 5.27. The molecule has 0 saturated heterocycles. The Kier molecular flexibility index (Phi) is 4.23. The van der Waals surface area contributed by atoms with Crippen molar-refractivity contribution in [2.45, 2.75) is 26.8 Å². The van der Waals surface area contributed by atoms with Gasteiger partial charge in [-0.2, -0.15) is 0 Å². The number of nitrogens with one attached hydrogen (secondary N) is 1. The lowest BCUT2D eigenvalue weighted by Gasteiger charge is -2.23. The van der Waals surface area contributed by atoms with Crippen LogP contribution >= 0.6 is 0 Å². The summed E-state index contributed by atoms with van der Waals surface area (Å²) in [6.45, 7) is 5.38. The fraction of sp³-hybridized carbons (Fsp3) is 0.462. The molecular formula is C13H18FNO2. The van der Waals surface area contributed by atoms with Crippen molar-refractivity contribution in [1.82, 2.24) is 5.32 Å². The van der Waals surface area contributed by atoms with Crippen molar-refractivity contribution in [3.8, 4) is 0 Å². The van der Waals surface area contributed by atoms with E-state index in [1.165, 1.54) is 6.07 Å². The van der Waals surface area contributed by atoms with Crippen LogP contribution in [0.5, 0.6) is 0 Å². The number of carboxylic acid groups (broad SMARTS) is 1. The molecule has 0 amide bonds. The molecule has 1 atom stereocenters. The summed E-state index contributed by atoms with van der Waals surface area (Å²) in [6.07, 6.45) is 0. The Morgan fingerprint density at radius 2 is 2.06 bits per heavy atom. The number of halogens is 1. The highest BCUT2D eigenvalue weighted by atomic mass is 19.1. The van der Waals surface area contributed by atoms with E-state index in [1.54, 1.807) is 32.0 Å². The van der Waals surface area contributed by atoms with Gasteiger partial charge in [-0.15, -0.1) is 0 Å². The Balaban J connectivity index is 2.65. The average Bonchev–Trinajstić information content (AvgIpc) is 2.26. The smallest absolute Gasteiger partial charge is 0.310 e. The summed E-state index contributed by atoms with van der Waals surface area (Å²) in [7, 11) is 0. The summed E-state index contributed by atoms with van der Waals surface area (Å²) in [5, 5.41) is 12.0. The Bertz CT molecular complexity index is 404. The van der Waals surface area contributed by atoms with Crippen LogP contribution in [0.4, 0.5) is 4.39 Å². The molecule has 94 valence electrons. The number of hydrogen-bond acceptors (Lipinski definition) is 2. The molecule has 0 aliphatic carbocycles. The fourth-order valence-corrected chi connectivity index (χ4v) is 1.42. The molecule has 17 heavy (non-hydrogen) atoms. The zero-order chi connectivity index (χ0) is 13.1. The highest BCUT2D eigenvalue weighted by Gasteiger charge is 2.27. The first kappa shape index (κ1) is 13.6. The molecule has 4 heteroatoms. The zero-order valence-corrected chi connectivity index (χ0v) is 10.3. The number of aliphatic carboxylic acids is 1. The van der Waals surface area contributed by atoms with E-state index in [-0.39, 0.29) is 18.4 Å². The Morgan fingerprint density at radius 3 is 2.59 bits per heavy atom. The topological polar surface area (TPSA) is 49.3 Å². The van der Waals surface area contributed by atoms with Crippen LogP contribution in [-0.2, 0) is 4.79 Å². The minimum Gasteiger partial charge on any atom is -0.481 e. The van der Waals surface area contributed by atoms with Gasteiger partial charge in [0.15, 0.2) is 0 Å². The molecule has 2 N–H and O–H groups in total. The Labute approximate surface area is 101 Å². The summed E-state index contributed by atoms with van der Waals surface area (Å²) >= 11 is 0. The van der Waals surface area contributed by atoms with Crippen molar-refractivity contribution in [3.05, 3.63) is 35.6 Å². The van der Waals surface area contributed by atoms with Gasteiger partial charge in [0.05, 0.1) is 5.41 Å². The third kappa shape index (κ3) is 3.53. The number of hydrogen-bond donors (Lipinski definition) is 2. The number of carbonyl (C=O) groups is 1. The molecule has 0 aliphatic heterocycles. The standard InChI is InChI=1S/C13H18FNO2/c1-9(10-6-4-5-7-11(10)14)15-8-13(2,3)12(16)17/h4-7,9,15H,8H2,1-3H3,(H,16,17). The van der Waals surface area contributed by atoms with Crippen molar-refractivity contribution < 1.29 is 14.3 Å². The third-order valence-corrected chi connectivity index (χ3v) is 2.80. The van der Waals surface area contributed by atoms with Gasteiger partial charge in [0, 0.05) is 18.2 Å². The molecule has 0 heterocycles. The van der Waals surface area contributed by atoms with E-state index in [9.17, 15) is 9.18 Å². The number of rotatable bonds is 5. The van der Waals surface area contributed by atoms with Gasteiger partial charge in [-0.05, 0) is 26.8 Å². The molecule has 0 bridgehead atoms. The fourth-order valence-electron chi connectivity index (χ4n) is 1.42. The van der Waals surface area contributed by atoms with Crippen LogP contribution in [0.2, 0.25) is 0 Å². The van der Waals surface area contributed by atoms with E-state index in [4.69, 9.17) is 5.11 Å². The molecule has 1 rings (SSSR count). The molecule has 1 aromatic rings. The minimum atomic E-state index is -0.870. The van der Waals surface area contributed by atoms with E-state index in [0.29, 0.717) is 5.56 Å². The van der Waals surface area contributed by atoms with Crippen molar-refractivity contribution in [2.75, 3.05) is 6.54 Å². The van der Waals surface area contributed by atoms with E-state index in [1.807, 2.05) is 6.92 Å². The summed E-state index contributed by atoms with van der Waals surface area (Å²) in [5.74, 6) is -1.15. The predicted octanol–water partition coefficient (Wildman–Crippen LogP) is 2.59. The molecule has 0 fully saturated rings. The summed E-state index contributed by atoms with van der Waals surface area (Å²) < 4.78 is 13.5. The van der Waals surface area contributed by atoms with Gasteiger partial charge in [0.25, 0.3) is 0 Å². The Hall–Kier alpha value is -1.42. The van der Waals surface area contributed by atoms with Crippen molar-refractivity contribution in [1.29, 1.82) is 0 Å². The van der Waals surface area contributed by atoms with Crippen LogP contribution < -0.4 is 5.32 Å². The monoisotopic (exact) mass is 239 g/mol. The first-order chi connectivity index (χ1) is 7.84. The van der Waals surface area contributed by atoms with Gasteiger partial charge >= 0.3 is 5.97 Å². The summed E-state index contributed by atoms with van der Waals surface area (Å²) in [5.41, 5.74) is -0.312.